The highest BCUT2D eigenvalue weighted by atomic mass is 32.1. The number of hydrogen-bond donors (Lipinski definition) is 2. The summed E-state index contributed by atoms with van der Waals surface area (Å²) in [5, 5.41) is 7.00. The molecule has 0 saturated carbocycles. The van der Waals surface area contributed by atoms with Crippen LogP contribution in [0.1, 0.15) is 16.9 Å². The second-order valence-corrected chi connectivity index (χ2v) is 6.91. The fourth-order valence-corrected chi connectivity index (χ4v) is 4.07. The number of fused-ring (bicyclic) bond motifs is 2. The van der Waals surface area contributed by atoms with Gasteiger partial charge in [-0.15, -0.1) is 11.3 Å². The Bertz CT molecular complexity index is 833. The van der Waals surface area contributed by atoms with Crippen molar-refractivity contribution in [3.8, 4) is 0 Å². The highest BCUT2D eigenvalue weighted by molar-refractivity contribution is 7.10. The average molecular weight is 341 g/mol. The van der Waals surface area contributed by atoms with Gasteiger partial charge in [-0.05, 0) is 17.5 Å². The molecular formula is C17H15N3O3S. The Morgan fingerprint density at radius 1 is 1.21 bits per heavy atom. The number of thiophene rings is 1. The van der Waals surface area contributed by atoms with Crippen molar-refractivity contribution in [1.29, 1.82) is 0 Å². The van der Waals surface area contributed by atoms with Gasteiger partial charge in [0.1, 0.15) is 5.54 Å². The molecule has 1 spiro atoms. The topological polar surface area (TPSA) is 78.5 Å². The van der Waals surface area contributed by atoms with Gasteiger partial charge in [0.05, 0.1) is 6.42 Å². The molecule has 7 heteroatoms. The van der Waals surface area contributed by atoms with Crippen molar-refractivity contribution >= 4 is 34.9 Å². The Hall–Kier alpha value is -2.67. The van der Waals surface area contributed by atoms with Crippen LogP contribution < -0.4 is 15.5 Å². The number of nitrogens with one attached hydrogen (secondary N) is 2. The molecule has 24 heavy (non-hydrogen) atoms. The average Bonchev–Trinajstić information content (AvgIpc) is 3.16. The molecule has 2 aliphatic heterocycles. The monoisotopic (exact) mass is 341 g/mol. The first-order valence-corrected chi connectivity index (χ1v) is 8.54. The van der Waals surface area contributed by atoms with Gasteiger partial charge >= 0.3 is 6.03 Å². The molecule has 4 amide bonds. The molecule has 122 valence electrons. The van der Waals surface area contributed by atoms with Crippen LogP contribution in [0.5, 0.6) is 0 Å². The molecule has 1 unspecified atom stereocenters. The van der Waals surface area contributed by atoms with Gasteiger partial charge in [-0.25, -0.2) is 4.79 Å². The van der Waals surface area contributed by atoms with E-state index < -0.39 is 11.6 Å². The fourth-order valence-electron chi connectivity index (χ4n) is 3.38. The van der Waals surface area contributed by atoms with E-state index >= 15 is 0 Å². The SMILES string of the molecule is O=C1NC(=O)C2(CCN(C(=O)Cc3cccs3)c3ccccc32)N1. The Balaban J connectivity index is 1.71. The van der Waals surface area contributed by atoms with Crippen LogP contribution in [0.25, 0.3) is 0 Å². The van der Waals surface area contributed by atoms with Gasteiger partial charge in [-0.3, -0.25) is 14.9 Å². The van der Waals surface area contributed by atoms with E-state index in [1.54, 1.807) is 22.3 Å². The second-order valence-electron chi connectivity index (χ2n) is 5.88. The van der Waals surface area contributed by atoms with Crippen molar-refractivity contribution < 1.29 is 14.4 Å². The lowest BCUT2D eigenvalue weighted by Crippen LogP contribution is -2.52. The summed E-state index contributed by atoms with van der Waals surface area (Å²) in [6.45, 7) is 0.384. The molecule has 2 aromatic rings. The maximum Gasteiger partial charge on any atom is 0.322 e. The van der Waals surface area contributed by atoms with E-state index in [-0.39, 0.29) is 11.8 Å². The summed E-state index contributed by atoms with van der Waals surface area (Å²) in [5.41, 5.74) is 0.273. The number of anilines is 1. The maximum absolute atomic E-state index is 12.7. The third-order valence-electron chi connectivity index (χ3n) is 4.51. The van der Waals surface area contributed by atoms with E-state index in [1.807, 2.05) is 35.7 Å². The third-order valence-corrected chi connectivity index (χ3v) is 5.39. The number of carbonyl (C=O) groups excluding carboxylic acids is 3. The highest BCUT2D eigenvalue weighted by Gasteiger charge is 2.51. The molecule has 1 aromatic carbocycles. The van der Waals surface area contributed by atoms with E-state index in [0.29, 0.717) is 30.6 Å². The van der Waals surface area contributed by atoms with Crippen LogP contribution >= 0.6 is 11.3 Å². The predicted octanol–water partition coefficient (Wildman–Crippen LogP) is 1.76. The van der Waals surface area contributed by atoms with Crippen LogP contribution in [-0.4, -0.2) is 24.4 Å². The minimum atomic E-state index is -1.08. The lowest BCUT2D eigenvalue weighted by Gasteiger charge is -2.39. The number of hydrogen-bond acceptors (Lipinski definition) is 4. The van der Waals surface area contributed by atoms with Crippen molar-refractivity contribution in [3.63, 3.8) is 0 Å². The zero-order valence-corrected chi connectivity index (χ0v) is 13.6. The van der Waals surface area contributed by atoms with E-state index in [4.69, 9.17) is 0 Å². The van der Waals surface area contributed by atoms with E-state index in [2.05, 4.69) is 10.6 Å². The summed E-state index contributed by atoms with van der Waals surface area (Å²) >= 11 is 1.55. The molecule has 1 fully saturated rings. The predicted molar refractivity (Wildman–Crippen MR) is 89.8 cm³/mol. The molecule has 1 atom stereocenters. The Morgan fingerprint density at radius 2 is 2.04 bits per heavy atom. The van der Waals surface area contributed by atoms with Crippen LogP contribution in [0, 0.1) is 0 Å². The highest BCUT2D eigenvalue weighted by Crippen LogP contribution is 2.40. The quantitative estimate of drug-likeness (QED) is 0.817. The molecular weight excluding hydrogens is 326 g/mol. The number of nitrogens with zero attached hydrogens (tertiary/aromatic N) is 1. The van der Waals surface area contributed by atoms with Gasteiger partial charge in [0.15, 0.2) is 0 Å². The van der Waals surface area contributed by atoms with Crippen molar-refractivity contribution in [3.05, 3.63) is 52.2 Å². The van der Waals surface area contributed by atoms with Gasteiger partial charge in [0.2, 0.25) is 5.91 Å². The molecule has 4 rings (SSSR count). The zero-order valence-electron chi connectivity index (χ0n) is 12.7. The van der Waals surface area contributed by atoms with Crippen LogP contribution in [-0.2, 0) is 21.5 Å². The van der Waals surface area contributed by atoms with E-state index in [1.165, 1.54) is 0 Å². The van der Waals surface area contributed by atoms with Gasteiger partial charge in [0.25, 0.3) is 5.91 Å². The van der Waals surface area contributed by atoms with Crippen LogP contribution in [0.4, 0.5) is 10.5 Å². The molecule has 1 saturated heterocycles. The second kappa shape index (κ2) is 5.45. The van der Waals surface area contributed by atoms with Gasteiger partial charge in [0, 0.05) is 29.1 Å². The van der Waals surface area contributed by atoms with Crippen molar-refractivity contribution in [1.82, 2.24) is 10.6 Å². The number of carbonyl (C=O) groups is 3. The minimum absolute atomic E-state index is 0.00974. The van der Waals surface area contributed by atoms with Gasteiger partial charge in [-0.2, -0.15) is 0 Å². The Kier molecular flexibility index (Phi) is 3.38. The van der Waals surface area contributed by atoms with E-state index in [0.717, 1.165) is 4.88 Å². The van der Waals surface area contributed by atoms with Crippen molar-refractivity contribution in [2.24, 2.45) is 0 Å². The largest absolute Gasteiger partial charge is 0.322 e. The first-order chi connectivity index (χ1) is 11.6. The van der Waals surface area contributed by atoms with Crippen LogP contribution in [0.3, 0.4) is 0 Å². The number of amides is 4. The first kappa shape index (κ1) is 14.9. The summed E-state index contributed by atoms with van der Waals surface area (Å²) in [5.74, 6) is -0.366. The summed E-state index contributed by atoms with van der Waals surface area (Å²) in [4.78, 5) is 39.4. The first-order valence-electron chi connectivity index (χ1n) is 7.66. The number of para-hydroxylation sites is 1. The van der Waals surface area contributed by atoms with Crippen LogP contribution in [0.15, 0.2) is 41.8 Å². The lowest BCUT2D eigenvalue weighted by atomic mass is 9.82. The molecule has 0 bridgehead atoms. The fraction of sp³-hybridized carbons (Fsp3) is 0.235. The summed E-state index contributed by atoms with van der Waals surface area (Å²) in [6.07, 6.45) is 0.690. The summed E-state index contributed by atoms with van der Waals surface area (Å²) < 4.78 is 0. The summed E-state index contributed by atoms with van der Waals surface area (Å²) in [7, 11) is 0. The summed E-state index contributed by atoms with van der Waals surface area (Å²) in [6, 6.07) is 10.6. The molecule has 2 N–H and O–H groups in total. The van der Waals surface area contributed by atoms with Crippen molar-refractivity contribution in [2.45, 2.75) is 18.4 Å². The molecule has 6 nitrogen and oxygen atoms in total. The number of imide groups is 1. The standard InChI is InChI=1S/C17H15N3O3S/c21-14(10-11-4-3-9-24-11)20-8-7-17(15(22)18-16(23)19-17)12-5-1-2-6-13(12)20/h1-6,9H,7-8,10H2,(H2,18,19,22,23). The molecule has 0 radical (unpaired) electrons. The third kappa shape index (κ3) is 2.20. The minimum Gasteiger partial charge on any atom is -0.319 e. The molecule has 2 aliphatic rings. The maximum atomic E-state index is 12.7. The smallest absolute Gasteiger partial charge is 0.319 e. The number of urea groups is 1. The van der Waals surface area contributed by atoms with Gasteiger partial charge < -0.3 is 10.2 Å². The molecule has 1 aromatic heterocycles. The Morgan fingerprint density at radius 3 is 2.75 bits per heavy atom. The molecule has 0 aliphatic carbocycles. The number of benzene rings is 1. The lowest BCUT2D eigenvalue weighted by molar-refractivity contribution is -0.125. The molecule has 3 heterocycles. The zero-order chi connectivity index (χ0) is 16.7. The normalized spacial score (nSPS) is 22.2. The van der Waals surface area contributed by atoms with Crippen LogP contribution in [0.2, 0.25) is 0 Å². The van der Waals surface area contributed by atoms with Gasteiger partial charge in [-0.1, -0.05) is 24.3 Å². The Labute approximate surface area is 142 Å². The van der Waals surface area contributed by atoms with Crippen molar-refractivity contribution in [2.75, 3.05) is 11.4 Å². The number of rotatable bonds is 2. The van der Waals surface area contributed by atoms with E-state index in [9.17, 15) is 14.4 Å².